The van der Waals surface area contributed by atoms with E-state index in [4.69, 9.17) is 4.42 Å². The number of nitrogens with zero attached hydrogens (tertiary/aromatic N) is 1. The summed E-state index contributed by atoms with van der Waals surface area (Å²) in [5, 5.41) is 5.43. The van der Waals surface area contributed by atoms with Crippen molar-refractivity contribution in [2.45, 2.75) is 19.8 Å². The standard InChI is InChI=1S/C20H17BrFN3O3/c1-12(26)24-16-7-6-13(21)10-17(16)25-19(27)8-9-20-23-11-18(28-20)14-4-2-3-5-15(14)22/h2-7,10-11H,8-9H2,1H3,(H,24,26)(H,25,27). The summed E-state index contributed by atoms with van der Waals surface area (Å²) in [6, 6.07) is 11.4. The number of rotatable bonds is 6. The van der Waals surface area contributed by atoms with Crippen LogP contribution in [0.15, 0.2) is 57.6 Å². The quantitative estimate of drug-likeness (QED) is 0.571. The first kappa shape index (κ1) is 19.8. The molecule has 3 aromatic rings. The molecule has 0 aliphatic carbocycles. The molecule has 28 heavy (non-hydrogen) atoms. The topological polar surface area (TPSA) is 84.2 Å². The Morgan fingerprint density at radius 1 is 1.14 bits per heavy atom. The molecular weight excluding hydrogens is 429 g/mol. The molecular formula is C20H17BrFN3O3. The van der Waals surface area contributed by atoms with E-state index >= 15 is 0 Å². The highest BCUT2D eigenvalue weighted by Gasteiger charge is 2.13. The van der Waals surface area contributed by atoms with Crippen LogP contribution in [0.1, 0.15) is 19.2 Å². The molecule has 0 unspecified atom stereocenters. The Balaban J connectivity index is 1.63. The highest BCUT2D eigenvalue weighted by Crippen LogP contribution is 2.27. The minimum atomic E-state index is -0.400. The number of anilines is 2. The van der Waals surface area contributed by atoms with Gasteiger partial charge in [0, 0.05) is 24.2 Å². The Labute approximate surface area is 169 Å². The number of hydrogen-bond donors (Lipinski definition) is 2. The van der Waals surface area contributed by atoms with E-state index in [1.165, 1.54) is 19.2 Å². The van der Waals surface area contributed by atoms with Crippen LogP contribution in [0, 0.1) is 5.82 Å². The van der Waals surface area contributed by atoms with Gasteiger partial charge in [0.05, 0.1) is 23.1 Å². The predicted molar refractivity (Wildman–Crippen MR) is 107 cm³/mol. The van der Waals surface area contributed by atoms with Crippen molar-refractivity contribution in [1.29, 1.82) is 0 Å². The summed E-state index contributed by atoms with van der Waals surface area (Å²) < 4.78 is 20.1. The Hall–Kier alpha value is -3.00. The number of carbonyl (C=O) groups excluding carboxylic acids is 2. The normalized spacial score (nSPS) is 10.5. The van der Waals surface area contributed by atoms with Gasteiger partial charge in [0.15, 0.2) is 11.7 Å². The number of benzene rings is 2. The van der Waals surface area contributed by atoms with Gasteiger partial charge in [0.25, 0.3) is 0 Å². The summed E-state index contributed by atoms with van der Waals surface area (Å²) in [7, 11) is 0. The number of aryl methyl sites for hydroxylation is 1. The number of hydrogen-bond acceptors (Lipinski definition) is 4. The molecule has 2 aromatic carbocycles. The fourth-order valence-electron chi connectivity index (χ4n) is 2.56. The summed E-state index contributed by atoms with van der Waals surface area (Å²) in [6.07, 6.45) is 1.81. The van der Waals surface area contributed by atoms with Crippen LogP contribution in [-0.4, -0.2) is 16.8 Å². The third-order valence-electron chi connectivity index (χ3n) is 3.83. The van der Waals surface area contributed by atoms with Gasteiger partial charge in [-0.05, 0) is 30.3 Å². The molecule has 1 heterocycles. The van der Waals surface area contributed by atoms with Crippen molar-refractivity contribution in [1.82, 2.24) is 4.98 Å². The van der Waals surface area contributed by atoms with Crippen LogP contribution < -0.4 is 10.6 Å². The zero-order chi connectivity index (χ0) is 20.1. The van der Waals surface area contributed by atoms with Gasteiger partial charge in [-0.3, -0.25) is 9.59 Å². The van der Waals surface area contributed by atoms with Gasteiger partial charge >= 0.3 is 0 Å². The first-order valence-electron chi connectivity index (χ1n) is 8.49. The number of carbonyl (C=O) groups is 2. The van der Waals surface area contributed by atoms with Crippen molar-refractivity contribution in [3.63, 3.8) is 0 Å². The van der Waals surface area contributed by atoms with Crippen molar-refractivity contribution in [2.75, 3.05) is 10.6 Å². The van der Waals surface area contributed by atoms with Gasteiger partial charge in [0.2, 0.25) is 11.8 Å². The number of nitrogens with one attached hydrogen (secondary N) is 2. The van der Waals surface area contributed by atoms with Crippen LogP contribution in [0.25, 0.3) is 11.3 Å². The lowest BCUT2D eigenvalue weighted by atomic mass is 10.2. The molecule has 6 nitrogen and oxygen atoms in total. The Kier molecular flexibility index (Phi) is 6.20. The number of amides is 2. The molecule has 0 fully saturated rings. The van der Waals surface area contributed by atoms with Crippen LogP contribution in [-0.2, 0) is 16.0 Å². The summed E-state index contributed by atoms with van der Waals surface area (Å²) >= 11 is 3.34. The van der Waals surface area contributed by atoms with E-state index in [0.717, 1.165) is 4.47 Å². The Bertz CT molecular complexity index is 1020. The molecule has 0 aliphatic rings. The van der Waals surface area contributed by atoms with Gasteiger partial charge in [-0.2, -0.15) is 0 Å². The lowest BCUT2D eigenvalue weighted by Gasteiger charge is -2.11. The molecule has 1 aromatic heterocycles. The summed E-state index contributed by atoms with van der Waals surface area (Å²) in [6.45, 7) is 1.39. The van der Waals surface area contributed by atoms with Crippen molar-refractivity contribution in [3.05, 3.63) is 64.8 Å². The van der Waals surface area contributed by atoms with Crippen LogP contribution >= 0.6 is 15.9 Å². The maximum atomic E-state index is 13.8. The van der Waals surface area contributed by atoms with Crippen molar-refractivity contribution >= 4 is 39.1 Å². The number of oxazole rings is 1. The maximum absolute atomic E-state index is 13.8. The first-order valence-corrected chi connectivity index (χ1v) is 9.28. The molecule has 0 saturated carbocycles. The highest BCUT2D eigenvalue weighted by molar-refractivity contribution is 9.10. The molecule has 8 heteroatoms. The second-order valence-corrected chi connectivity index (χ2v) is 6.93. The average molecular weight is 446 g/mol. The van der Waals surface area contributed by atoms with Crippen molar-refractivity contribution in [2.24, 2.45) is 0 Å². The lowest BCUT2D eigenvalue weighted by Crippen LogP contribution is -2.15. The van der Waals surface area contributed by atoms with Crippen LogP contribution in [0.4, 0.5) is 15.8 Å². The minimum Gasteiger partial charge on any atom is -0.441 e. The molecule has 2 N–H and O–H groups in total. The molecule has 0 spiro atoms. The van der Waals surface area contributed by atoms with E-state index in [9.17, 15) is 14.0 Å². The third-order valence-corrected chi connectivity index (χ3v) is 4.32. The van der Waals surface area contributed by atoms with E-state index in [2.05, 4.69) is 31.5 Å². The highest BCUT2D eigenvalue weighted by atomic mass is 79.9. The van der Waals surface area contributed by atoms with E-state index in [1.807, 2.05) is 0 Å². The third kappa shape index (κ3) is 5.04. The minimum absolute atomic E-state index is 0.114. The Morgan fingerprint density at radius 3 is 2.68 bits per heavy atom. The average Bonchev–Trinajstić information content (AvgIpc) is 3.11. The first-order chi connectivity index (χ1) is 13.4. The monoisotopic (exact) mass is 445 g/mol. The predicted octanol–water partition coefficient (Wildman–Crippen LogP) is 4.77. The fourth-order valence-corrected chi connectivity index (χ4v) is 2.92. The number of halogens is 2. The summed E-state index contributed by atoms with van der Waals surface area (Å²) in [5.41, 5.74) is 1.30. The largest absolute Gasteiger partial charge is 0.441 e. The molecule has 0 atom stereocenters. The van der Waals surface area contributed by atoms with Gasteiger partial charge in [-0.1, -0.05) is 28.1 Å². The second kappa shape index (κ2) is 8.79. The van der Waals surface area contributed by atoms with E-state index < -0.39 is 5.82 Å². The SMILES string of the molecule is CC(=O)Nc1ccc(Br)cc1NC(=O)CCc1ncc(-c2ccccc2F)o1. The van der Waals surface area contributed by atoms with Crippen LogP contribution in [0.2, 0.25) is 0 Å². The smallest absolute Gasteiger partial charge is 0.224 e. The molecule has 0 saturated heterocycles. The molecule has 0 aliphatic heterocycles. The van der Waals surface area contributed by atoms with E-state index in [1.54, 1.807) is 36.4 Å². The van der Waals surface area contributed by atoms with Crippen LogP contribution in [0.3, 0.4) is 0 Å². The summed E-state index contributed by atoms with van der Waals surface area (Å²) in [5.74, 6) is -0.255. The van der Waals surface area contributed by atoms with Crippen LogP contribution in [0.5, 0.6) is 0 Å². The maximum Gasteiger partial charge on any atom is 0.224 e. The summed E-state index contributed by atoms with van der Waals surface area (Å²) in [4.78, 5) is 27.7. The van der Waals surface area contributed by atoms with Gasteiger partial charge in [0.1, 0.15) is 5.82 Å². The molecule has 2 amide bonds. The molecule has 0 bridgehead atoms. The van der Waals surface area contributed by atoms with E-state index in [-0.39, 0.29) is 24.7 Å². The zero-order valence-electron chi connectivity index (χ0n) is 15.0. The number of aromatic nitrogens is 1. The lowest BCUT2D eigenvalue weighted by molar-refractivity contribution is -0.116. The zero-order valence-corrected chi connectivity index (χ0v) is 16.5. The molecule has 0 radical (unpaired) electrons. The van der Waals surface area contributed by atoms with Crippen molar-refractivity contribution < 1.29 is 18.4 Å². The van der Waals surface area contributed by atoms with E-state index in [0.29, 0.717) is 28.6 Å². The van der Waals surface area contributed by atoms with Gasteiger partial charge < -0.3 is 15.1 Å². The fraction of sp³-hybridized carbons (Fsp3) is 0.150. The molecule has 3 rings (SSSR count). The second-order valence-electron chi connectivity index (χ2n) is 6.02. The Morgan fingerprint density at radius 2 is 1.93 bits per heavy atom. The van der Waals surface area contributed by atoms with Crippen molar-refractivity contribution in [3.8, 4) is 11.3 Å². The molecule has 144 valence electrons. The van der Waals surface area contributed by atoms with Gasteiger partial charge in [-0.15, -0.1) is 0 Å². The van der Waals surface area contributed by atoms with Gasteiger partial charge in [-0.25, -0.2) is 9.37 Å².